The van der Waals surface area contributed by atoms with Gasteiger partial charge in [0, 0.05) is 19.1 Å². The molecular weight excluding hydrogens is 276 g/mol. The number of hydrogen-bond donors (Lipinski definition) is 2. The second-order valence-electron chi connectivity index (χ2n) is 6.06. The van der Waals surface area contributed by atoms with Gasteiger partial charge in [-0.25, -0.2) is 0 Å². The maximum absolute atomic E-state index is 9.37. The van der Waals surface area contributed by atoms with Crippen LogP contribution in [0.25, 0.3) is 0 Å². The molecule has 2 atom stereocenters. The van der Waals surface area contributed by atoms with Gasteiger partial charge < -0.3 is 20.5 Å². The molecule has 1 aromatic rings. The highest BCUT2D eigenvalue weighted by Crippen LogP contribution is 2.32. The van der Waals surface area contributed by atoms with Crippen molar-refractivity contribution < 1.29 is 9.84 Å². The lowest BCUT2D eigenvalue weighted by molar-refractivity contribution is -0.101. The molecule has 112 valence electrons. The van der Waals surface area contributed by atoms with Gasteiger partial charge in [0.2, 0.25) is 0 Å². The molecule has 0 aromatic heterocycles. The molecule has 0 radical (unpaired) electrons. The van der Waals surface area contributed by atoms with E-state index in [-0.39, 0.29) is 24.4 Å². The lowest BCUT2D eigenvalue weighted by Crippen LogP contribution is -2.54. The average Bonchev–Trinajstić information content (AvgIpc) is 2.36. The van der Waals surface area contributed by atoms with Gasteiger partial charge in [-0.3, -0.25) is 0 Å². The Morgan fingerprint density at radius 3 is 2.80 bits per heavy atom. The van der Waals surface area contributed by atoms with E-state index in [0.717, 1.165) is 17.8 Å². The number of hydrogen-bond acceptors (Lipinski definition) is 4. The number of ether oxygens (including phenoxy) is 1. The van der Waals surface area contributed by atoms with E-state index in [4.69, 9.17) is 22.1 Å². The highest BCUT2D eigenvalue weighted by Gasteiger charge is 2.33. The van der Waals surface area contributed by atoms with Crippen LogP contribution >= 0.6 is 11.6 Å². The van der Waals surface area contributed by atoms with Crippen LogP contribution in [0.15, 0.2) is 18.2 Å². The van der Waals surface area contributed by atoms with Gasteiger partial charge in [0.25, 0.3) is 0 Å². The van der Waals surface area contributed by atoms with E-state index in [1.165, 1.54) is 0 Å². The Kier molecular flexibility index (Phi) is 4.59. The van der Waals surface area contributed by atoms with Crippen molar-refractivity contribution >= 4 is 17.3 Å². The number of aliphatic hydroxyl groups excluding tert-OH is 1. The number of nitrogens with two attached hydrogens (primary N) is 1. The molecular formula is C15H23ClN2O2. The van der Waals surface area contributed by atoms with Crippen LogP contribution in [0.1, 0.15) is 32.4 Å². The normalized spacial score (nSPS) is 23.7. The third kappa shape index (κ3) is 3.44. The Morgan fingerprint density at radius 2 is 2.25 bits per heavy atom. The van der Waals surface area contributed by atoms with Crippen molar-refractivity contribution in [3.63, 3.8) is 0 Å². The van der Waals surface area contributed by atoms with Crippen LogP contribution in [0, 0.1) is 0 Å². The summed E-state index contributed by atoms with van der Waals surface area (Å²) in [6.45, 7) is 7.36. The summed E-state index contributed by atoms with van der Waals surface area (Å²) in [5, 5.41) is 10.1. The van der Waals surface area contributed by atoms with Crippen LogP contribution in [-0.4, -0.2) is 36.5 Å². The highest BCUT2D eigenvalue weighted by atomic mass is 35.5. The summed E-state index contributed by atoms with van der Waals surface area (Å²) < 4.78 is 5.82. The Hall–Kier alpha value is -0.810. The van der Waals surface area contributed by atoms with Crippen molar-refractivity contribution in [2.45, 2.75) is 38.5 Å². The molecule has 0 bridgehead atoms. The number of rotatable bonds is 3. The number of nitrogens with zero attached hydrogens (tertiary/aromatic N) is 1. The maximum atomic E-state index is 9.37. The third-order valence-electron chi connectivity index (χ3n) is 3.52. The van der Waals surface area contributed by atoms with Crippen molar-refractivity contribution in [2.75, 3.05) is 24.6 Å². The van der Waals surface area contributed by atoms with Gasteiger partial charge in [-0.1, -0.05) is 17.7 Å². The molecule has 1 aliphatic rings. The second kappa shape index (κ2) is 5.90. The Bertz CT molecular complexity index is 477. The van der Waals surface area contributed by atoms with Crippen LogP contribution in [0.5, 0.6) is 0 Å². The summed E-state index contributed by atoms with van der Waals surface area (Å²) in [5.41, 5.74) is 7.54. The van der Waals surface area contributed by atoms with E-state index in [2.05, 4.69) is 4.90 Å². The van der Waals surface area contributed by atoms with Crippen LogP contribution in [0.2, 0.25) is 5.02 Å². The first-order valence-corrected chi connectivity index (χ1v) is 7.29. The average molecular weight is 299 g/mol. The summed E-state index contributed by atoms with van der Waals surface area (Å²) in [5.74, 6) is 0. The minimum absolute atomic E-state index is 0.00939. The molecule has 2 rings (SSSR count). The summed E-state index contributed by atoms with van der Waals surface area (Å²) in [4.78, 5) is 2.16. The summed E-state index contributed by atoms with van der Waals surface area (Å²) in [6.07, 6.45) is -0.192. The zero-order valence-electron chi connectivity index (χ0n) is 12.3. The second-order valence-corrected chi connectivity index (χ2v) is 6.47. The summed E-state index contributed by atoms with van der Waals surface area (Å²) in [7, 11) is 0. The molecule has 1 aliphatic heterocycles. The van der Waals surface area contributed by atoms with Crippen LogP contribution < -0.4 is 10.6 Å². The fourth-order valence-electron chi connectivity index (χ4n) is 2.64. The first kappa shape index (κ1) is 15.6. The molecule has 1 heterocycles. The smallest absolute Gasteiger partial charge is 0.0988 e. The van der Waals surface area contributed by atoms with E-state index in [1.54, 1.807) is 0 Å². The molecule has 0 amide bonds. The summed E-state index contributed by atoms with van der Waals surface area (Å²) in [6, 6.07) is 5.88. The Labute approximate surface area is 125 Å². The lowest BCUT2D eigenvalue weighted by atomic mass is 10.0. The molecule has 4 nitrogen and oxygen atoms in total. The maximum Gasteiger partial charge on any atom is 0.0988 e. The Balaban J connectivity index is 2.26. The third-order valence-corrected chi connectivity index (χ3v) is 3.83. The number of halogens is 1. The first-order valence-electron chi connectivity index (χ1n) is 6.91. The first-order chi connectivity index (χ1) is 9.32. The SMILES string of the molecule is CC(N)c1ccc(N2CC(CO)OC(C)(C)C2)c(Cl)c1. The highest BCUT2D eigenvalue weighted by molar-refractivity contribution is 6.33. The largest absolute Gasteiger partial charge is 0.394 e. The molecule has 20 heavy (non-hydrogen) atoms. The number of anilines is 1. The quantitative estimate of drug-likeness (QED) is 0.899. The number of benzene rings is 1. The fraction of sp³-hybridized carbons (Fsp3) is 0.600. The van der Waals surface area contributed by atoms with Gasteiger partial charge >= 0.3 is 0 Å². The van der Waals surface area contributed by atoms with Crippen molar-refractivity contribution in [1.82, 2.24) is 0 Å². The topological polar surface area (TPSA) is 58.7 Å². The lowest BCUT2D eigenvalue weighted by Gasteiger charge is -2.43. The zero-order chi connectivity index (χ0) is 14.9. The molecule has 1 saturated heterocycles. The van der Waals surface area contributed by atoms with E-state index in [1.807, 2.05) is 39.0 Å². The van der Waals surface area contributed by atoms with Crippen LogP contribution in [0.4, 0.5) is 5.69 Å². The van der Waals surface area contributed by atoms with Crippen molar-refractivity contribution in [2.24, 2.45) is 5.73 Å². The van der Waals surface area contributed by atoms with Gasteiger partial charge in [-0.15, -0.1) is 0 Å². The van der Waals surface area contributed by atoms with Gasteiger partial charge in [0.15, 0.2) is 0 Å². The molecule has 0 spiro atoms. The van der Waals surface area contributed by atoms with Crippen LogP contribution in [-0.2, 0) is 4.74 Å². The summed E-state index contributed by atoms with van der Waals surface area (Å²) >= 11 is 6.39. The molecule has 2 unspecified atom stereocenters. The minimum Gasteiger partial charge on any atom is -0.394 e. The monoisotopic (exact) mass is 298 g/mol. The molecule has 0 aliphatic carbocycles. The molecule has 0 saturated carbocycles. The molecule has 3 N–H and O–H groups in total. The van der Waals surface area contributed by atoms with E-state index in [9.17, 15) is 5.11 Å². The van der Waals surface area contributed by atoms with Crippen molar-refractivity contribution in [3.05, 3.63) is 28.8 Å². The number of aliphatic hydroxyl groups is 1. The van der Waals surface area contributed by atoms with E-state index >= 15 is 0 Å². The minimum atomic E-state index is -0.311. The standard InChI is InChI=1S/C15H23ClN2O2/c1-10(17)11-4-5-14(13(16)6-11)18-7-12(8-19)20-15(2,3)9-18/h4-6,10,12,19H,7-9,17H2,1-3H3. The zero-order valence-corrected chi connectivity index (χ0v) is 13.0. The fourth-order valence-corrected chi connectivity index (χ4v) is 2.95. The van der Waals surface area contributed by atoms with Crippen LogP contribution in [0.3, 0.4) is 0 Å². The Morgan fingerprint density at radius 1 is 1.55 bits per heavy atom. The van der Waals surface area contributed by atoms with Gasteiger partial charge in [0.05, 0.1) is 29.0 Å². The molecule has 1 fully saturated rings. The number of morpholine rings is 1. The van der Waals surface area contributed by atoms with Crippen molar-refractivity contribution in [3.8, 4) is 0 Å². The molecule has 5 heteroatoms. The van der Waals surface area contributed by atoms with Gasteiger partial charge in [0.1, 0.15) is 0 Å². The predicted molar refractivity (Wildman–Crippen MR) is 82.3 cm³/mol. The van der Waals surface area contributed by atoms with E-state index < -0.39 is 0 Å². The van der Waals surface area contributed by atoms with Crippen molar-refractivity contribution in [1.29, 1.82) is 0 Å². The van der Waals surface area contributed by atoms with E-state index in [0.29, 0.717) is 11.6 Å². The van der Waals surface area contributed by atoms with Gasteiger partial charge in [-0.05, 0) is 38.5 Å². The predicted octanol–water partition coefficient (Wildman–Crippen LogP) is 2.34. The van der Waals surface area contributed by atoms with Gasteiger partial charge in [-0.2, -0.15) is 0 Å². The molecule has 1 aromatic carbocycles.